The molecular weight excluding hydrogens is 340 g/mol. The number of nitriles is 1. The van der Waals surface area contributed by atoms with Crippen LogP contribution in [0.15, 0.2) is 42.5 Å². The summed E-state index contributed by atoms with van der Waals surface area (Å²) in [4.78, 5) is 13.9. The molecule has 26 heavy (non-hydrogen) atoms. The fourth-order valence-electron chi connectivity index (χ4n) is 3.74. The van der Waals surface area contributed by atoms with Gasteiger partial charge in [0.25, 0.3) is 0 Å². The van der Waals surface area contributed by atoms with Gasteiger partial charge in [0.2, 0.25) is 5.91 Å². The summed E-state index contributed by atoms with van der Waals surface area (Å²) in [5.41, 5.74) is 2.85. The van der Waals surface area contributed by atoms with Gasteiger partial charge >= 0.3 is 0 Å². The number of benzene rings is 2. The number of nitrogens with zero attached hydrogens (tertiary/aromatic N) is 1. The minimum Gasteiger partial charge on any atom is -0.316 e. The Balaban J connectivity index is 1.58. The highest BCUT2D eigenvalue weighted by Gasteiger charge is 2.21. The number of fused-ring (bicyclic) bond motifs is 2. The van der Waals surface area contributed by atoms with E-state index in [2.05, 4.69) is 23.5 Å². The highest BCUT2D eigenvalue weighted by atomic mass is 32.1. The van der Waals surface area contributed by atoms with Gasteiger partial charge in [0.1, 0.15) is 11.1 Å². The molecule has 130 valence electrons. The Hall–Kier alpha value is -2.64. The number of nitrogens with one attached hydrogen (secondary N) is 1. The number of amides is 1. The maximum atomic E-state index is 12.7. The fourth-order valence-corrected chi connectivity index (χ4v) is 5.00. The van der Waals surface area contributed by atoms with Crippen LogP contribution < -0.4 is 5.32 Å². The summed E-state index contributed by atoms with van der Waals surface area (Å²) in [6.45, 7) is 0. The first-order valence-electron chi connectivity index (χ1n) is 9.07. The van der Waals surface area contributed by atoms with E-state index in [-0.39, 0.29) is 5.91 Å². The van der Waals surface area contributed by atoms with Crippen LogP contribution >= 0.6 is 11.3 Å². The van der Waals surface area contributed by atoms with Gasteiger partial charge in [0.15, 0.2) is 0 Å². The van der Waals surface area contributed by atoms with Crippen molar-refractivity contribution in [3.8, 4) is 6.07 Å². The maximum Gasteiger partial charge on any atom is 0.229 e. The molecule has 0 aliphatic heterocycles. The van der Waals surface area contributed by atoms with Crippen LogP contribution in [0.5, 0.6) is 0 Å². The lowest BCUT2D eigenvalue weighted by molar-refractivity contribution is -0.115. The van der Waals surface area contributed by atoms with E-state index in [1.807, 2.05) is 30.3 Å². The molecule has 1 N–H and O–H groups in total. The lowest BCUT2D eigenvalue weighted by Crippen LogP contribution is -2.14. The first-order chi connectivity index (χ1) is 12.8. The molecule has 4 heteroatoms. The van der Waals surface area contributed by atoms with Gasteiger partial charge in [-0.2, -0.15) is 5.26 Å². The van der Waals surface area contributed by atoms with E-state index >= 15 is 0 Å². The molecule has 1 aliphatic rings. The van der Waals surface area contributed by atoms with Crippen LogP contribution in [0.3, 0.4) is 0 Å². The molecule has 0 saturated heterocycles. The second-order valence-corrected chi connectivity index (χ2v) is 7.85. The van der Waals surface area contributed by atoms with E-state index in [0.717, 1.165) is 46.2 Å². The van der Waals surface area contributed by atoms with Gasteiger partial charge in [-0.1, -0.05) is 48.9 Å². The molecule has 1 amide bonds. The average Bonchev–Trinajstić information content (AvgIpc) is 2.81. The first kappa shape index (κ1) is 16.8. The highest BCUT2D eigenvalue weighted by Crippen LogP contribution is 2.37. The number of carbonyl (C=O) groups is 1. The van der Waals surface area contributed by atoms with Crippen molar-refractivity contribution in [2.45, 2.75) is 38.5 Å². The summed E-state index contributed by atoms with van der Waals surface area (Å²) in [5, 5.41) is 15.6. The molecule has 1 heterocycles. The lowest BCUT2D eigenvalue weighted by atomic mass is 10.0. The van der Waals surface area contributed by atoms with Gasteiger partial charge < -0.3 is 5.32 Å². The van der Waals surface area contributed by atoms with E-state index < -0.39 is 0 Å². The molecule has 0 spiro atoms. The largest absolute Gasteiger partial charge is 0.316 e. The second kappa shape index (κ2) is 7.31. The van der Waals surface area contributed by atoms with E-state index in [9.17, 15) is 10.1 Å². The molecule has 1 aliphatic carbocycles. The molecule has 0 fully saturated rings. The Kier molecular flexibility index (Phi) is 4.73. The van der Waals surface area contributed by atoms with Crippen LogP contribution in [0, 0.1) is 11.3 Å². The standard InChI is InChI=1S/C22H20N2OS/c23-14-19-18-11-2-1-3-12-20(18)26-22(19)24-21(25)13-16-9-6-8-15-7-4-5-10-17(15)16/h4-10H,1-3,11-13H2,(H,24,25). The van der Waals surface area contributed by atoms with Crippen molar-refractivity contribution in [2.75, 3.05) is 5.32 Å². The van der Waals surface area contributed by atoms with E-state index in [4.69, 9.17) is 0 Å². The summed E-state index contributed by atoms with van der Waals surface area (Å²) in [6, 6.07) is 16.5. The van der Waals surface area contributed by atoms with Gasteiger partial charge in [0, 0.05) is 4.88 Å². The van der Waals surface area contributed by atoms with Crippen LogP contribution in [0.1, 0.15) is 40.8 Å². The van der Waals surface area contributed by atoms with Gasteiger partial charge in [-0.25, -0.2) is 0 Å². The van der Waals surface area contributed by atoms with Crippen LogP contribution in [0.2, 0.25) is 0 Å². The Morgan fingerprint density at radius 3 is 2.77 bits per heavy atom. The van der Waals surface area contributed by atoms with Crippen LogP contribution in [-0.2, 0) is 24.1 Å². The number of rotatable bonds is 3. The third-order valence-corrected chi connectivity index (χ3v) is 6.22. The molecule has 0 bridgehead atoms. The number of aryl methyl sites for hydroxylation is 1. The number of hydrogen-bond donors (Lipinski definition) is 1. The molecule has 0 unspecified atom stereocenters. The topological polar surface area (TPSA) is 52.9 Å². The van der Waals surface area contributed by atoms with E-state index in [1.165, 1.54) is 17.7 Å². The van der Waals surface area contributed by atoms with Gasteiger partial charge in [0.05, 0.1) is 12.0 Å². The number of carbonyl (C=O) groups excluding carboxylic acids is 1. The summed E-state index contributed by atoms with van der Waals surface area (Å²) in [7, 11) is 0. The first-order valence-corrected chi connectivity index (χ1v) is 9.89. The Labute approximate surface area is 157 Å². The van der Waals surface area contributed by atoms with Crippen molar-refractivity contribution in [2.24, 2.45) is 0 Å². The molecule has 0 atom stereocenters. The monoisotopic (exact) mass is 360 g/mol. The summed E-state index contributed by atoms with van der Waals surface area (Å²) in [5.74, 6) is -0.0609. The average molecular weight is 360 g/mol. The Bertz CT molecular complexity index is 1010. The molecule has 0 radical (unpaired) electrons. The van der Waals surface area contributed by atoms with Crippen molar-refractivity contribution < 1.29 is 4.79 Å². The molecular formula is C22H20N2OS. The van der Waals surface area contributed by atoms with E-state index in [0.29, 0.717) is 12.0 Å². The third kappa shape index (κ3) is 3.23. The number of thiophene rings is 1. The van der Waals surface area contributed by atoms with Crippen molar-refractivity contribution in [1.29, 1.82) is 5.26 Å². The highest BCUT2D eigenvalue weighted by molar-refractivity contribution is 7.16. The third-order valence-electron chi connectivity index (χ3n) is 5.02. The molecule has 3 aromatic rings. The zero-order chi connectivity index (χ0) is 17.9. The quantitative estimate of drug-likeness (QED) is 0.651. The van der Waals surface area contributed by atoms with Crippen LogP contribution in [0.25, 0.3) is 10.8 Å². The van der Waals surface area contributed by atoms with Gasteiger partial charge in [-0.05, 0) is 47.6 Å². The van der Waals surface area contributed by atoms with Gasteiger partial charge in [-0.15, -0.1) is 11.3 Å². The maximum absolute atomic E-state index is 12.7. The summed E-state index contributed by atoms with van der Waals surface area (Å²) < 4.78 is 0. The zero-order valence-corrected chi connectivity index (χ0v) is 15.4. The Morgan fingerprint density at radius 2 is 1.88 bits per heavy atom. The van der Waals surface area contributed by atoms with Gasteiger partial charge in [-0.3, -0.25) is 4.79 Å². The molecule has 4 rings (SSSR count). The predicted molar refractivity (Wildman–Crippen MR) is 107 cm³/mol. The SMILES string of the molecule is N#Cc1c(NC(=O)Cc2cccc3ccccc23)sc2c1CCCCC2. The number of hydrogen-bond acceptors (Lipinski definition) is 3. The summed E-state index contributed by atoms with van der Waals surface area (Å²) >= 11 is 1.59. The fraction of sp³-hybridized carbons (Fsp3) is 0.273. The lowest BCUT2D eigenvalue weighted by Gasteiger charge is -2.07. The predicted octanol–water partition coefficient (Wildman–Crippen LogP) is 5.22. The molecule has 3 nitrogen and oxygen atoms in total. The van der Waals surface area contributed by atoms with Crippen molar-refractivity contribution in [3.05, 3.63) is 64.0 Å². The van der Waals surface area contributed by atoms with Crippen LogP contribution in [0.4, 0.5) is 5.00 Å². The summed E-state index contributed by atoms with van der Waals surface area (Å²) in [6.07, 6.45) is 5.80. The van der Waals surface area contributed by atoms with Crippen molar-refractivity contribution in [3.63, 3.8) is 0 Å². The smallest absolute Gasteiger partial charge is 0.229 e. The minimum absolute atomic E-state index is 0.0609. The zero-order valence-electron chi connectivity index (χ0n) is 14.5. The second-order valence-electron chi connectivity index (χ2n) is 6.74. The number of anilines is 1. The molecule has 2 aromatic carbocycles. The normalized spacial score (nSPS) is 13.7. The van der Waals surface area contributed by atoms with Crippen molar-refractivity contribution in [1.82, 2.24) is 0 Å². The Morgan fingerprint density at radius 1 is 1.08 bits per heavy atom. The van der Waals surface area contributed by atoms with Crippen molar-refractivity contribution >= 4 is 33.0 Å². The van der Waals surface area contributed by atoms with E-state index in [1.54, 1.807) is 11.3 Å². The molecule has 1 aromatic heterocycles. The molecule has 0 saturated carbocycles. The minimum atomic E-state index is -0.0609. The van der Waals surface area contributed by atoms with Crippen LogP contribution in [-0.4, -0.2) is 5.91 Å².